The Labute approximate surface area is 146 Å². The summed E-state index contributed by atoms with van der Waals surface area (Å²) in [4.78, 5) is 8.64. The highest BCUT2D eigenvalue weighted by molar-refractivity contribution is 8.67. The first-order valence-corrected chi connectivity index (χ1v) is 12.6. The molecule has 1 aromatic rings. The summed E-state index contributed by atoms with van der Waals surface area (Å²) in [5, 5.41) is 0.850. The van der Waals surface area contributed by atoms with E-state index in [9.17, 15) is 0 Å². The lowest BCUT2D eigenvalue weighted by Gasteiger charge is -2.20. The quantitative estimate of drug-likeness (QED) is 0.315. The first kappa shape index (κ1) is 20.2. The molecule has 0 bridgehead atoms. The minimum absolute atomic E-state index is 0.310. The van der Waals surface area contributed by atoms with Crippen LogP contribution in [-0.2, 0) is 27.5 Å². The maximum absolute atomic E-state index is 5.90. The second kappa shape index (κ2) is 10.8. The van der Waals surface area contributed by atoms with E-state index in [0.29, 0.717) is 25.8 Å². The van der Waals surface area contributed by atoms with Crippen molar-refractivity contribution in [2.45, 2.75) is 38.8 Å². The molecule has 0 aliphatic heterocycles. The lowest BCUT2D eigenvalue weighted by Crippen LogP contribution is -2.03. The van der Waals surface area contributed by atoms with Gasteiger partial charge in [-0.25, -0.2) is 0 Å². The molecule has 0 fully saturated rings. The smallest absolute Gasteiger partial charge is 0.317 e. The summed E-state index contributed by atoms with van der Waals surface area (Å²) in [7, 11) is 0. The fourth-order valence-corrected chi connectivity index (χ4v) is 6.38. The van der Waals surface area contributed by atoms with Crippen LogP contribution in [-0.4, -0.2) is 35.2 Å². The lowest BCUT2D eigenvalue weighted by atomic mass is 10.4. The van der Waals surface area contributed by atoms with Crippen molar-refractivity contribution in [3.63, 3.8) is 0 Å². The van der Waals surface area contributed by atoms with Gasteiger partial charge in [0.15, 0.2) is 0 Å². The Morgan fingerprint density at radius 1 is 1.18 bits per heavy atom. The van der Waals surface area contributed by atoms with Gasteiger partial charge < -0.3 is 13.8 Å². The van der Waals surface area contributed by atoms with Crippen LogP contribution in [0.2, 0.25) is 0 Å². The van der Waals surface area contributed by atoms with Crippen LogP contribution in [0.25, 0.3) is 0 Å². The number of hydrogen-bond donors (Lipinski definition) is 0. The van der Waals surface area contributed by atoms with Gasteiger partial charge in [-0.3, -0.25) is 0 Å². The van der Waals surface area contributed by atoms with Gasteiger partial charge in [-0.1, -0.05) is 18.3 Å². The molecule has 1 heterocycles. The topological polar surface area (TPSA) is 53.5 Å². The SMILES string of the molecule is CCCS[P@@](=S)(OCC)OCc1cc(SC)nc(OCC)n1. The molecule has 0 saturated carbocycles. The predicted octanol–water partition coefficient (Wildman–Crippen LogP) is 4.52. The Hall–Kier alpha value is 0.150. The number of rotatable bonds is 11. The summed E-state index contributed by atoms with van der Waals surface area (Å²) in [5.74, 6) is 0.932. The van der Waals surface area contributed by atoms with Gasteiger partial charge >= 0.3 is 6.01 Å². The summed E-state index contributed by atoms with van der Waals surface area (Å²) in [6.45, 7) is 7.34. The molecular formula is C13H23N2O3PS3. The van der Waals surface area contributed by atoms with Gasteiger partial charge in [-0.05, 0) is 44.4 Å². The van der Waals surface area contributed by atoms with Crippen LogP contribution in [0, 0.1) is 0 Å². The molecule has 0 aromatic carbocycles. The highest BCUT2D eigenvalue weighted by Gasteiger charge is 2.20. The van der Waals surface area contributed by atoms with Crippen molar-refractivity contribution in [3.8, 4) is 6.01 Å². The molecule has 22 heavy (non-hydrogen) atoms. The minimum Gasteiger partial charge on any atom is -0.464 e. The van der Waals surface area contributed by atoms with E-state index < -0.39 is 5.69 Å². The Kier molecular flexibility index (Phi) is 9.95. The molecule has 0 aliphatic rings. The predicted molar refractivity (Wildman–Crippen MR) is 98.4 cm³/mol. The molecule has 0 spiro atoms. The number of aromatic nitrogens is 2. The first-order chi connectivity index (χ1) is 10.6. The van der Waals surface area contributed by atoms with E-state index in [4.69, 9.17) is 25.6 Å². The van der Waals surface area contributed by atoms with E-state index in [0.717, 1.165) is 22.9 Å². The van der Waals surface area contributed by atoms with Crippen LogP contribution in [0.5, 0.6) is 6.01 Å². The standard InChI is InChI=1S/C13H23N2O3PS3/c1-5-8-22-19(20,17-7-3)18-10-11-9-12(21-4)15-13(14-11)16-6-2/h9H,5-8,10H2,1-4H3/t19-/m0/s1. The Balaban J connectivity index is 2.79. The lowest BCUT2D eigenvalue weighted by molar-refractivity contribution is 0.254. The monoisotopic (exact) mass is 382 g/mol. The maximum atomic E-state index is 5.90. The summed E-state index contributed by atoms with van der Waals surface area (Å²) in [6.07, 6.45) is 3.00. The highest BCUT2D eigenvalue weighted by Crippen LogP contribution is 2.61. The van der Waals surface area contributed by atoms with Crippen molar-refractivity contribution in [3.05, 3.63) is 11.8 Å². The molecule has 9 heteroatoms. The zero-order chi connectivity index (χ0) is 16.4. The zero-order valence-corrected chi connectivity index (χ0v) is 16.7. The fraction of sp³-hybridized carbons (Fsp3) is 0.692. The summed E-state index contributed by atoms with van der Waals surface area (Å²) >= 11 is 8.69. The van der Waals surface area contributed by atoms with Crippen molar-refractivity contribution in [2.24, 2.45) is 0 Å². The van der Waals surface area contributed by atoms with E-state index in [-0.39, 0.29) is 0 Å². The van der Waals surface area contributed by atoms with Gasteiger partial charge in [0, 0.05) is 5.75 Å². The van der Waals surface area contributed by atoms with Crippen LogP contribution in [0.4, 0.5) is 0 Å². The van der Waals surface area contributed by atoms with Crippen LogP contribution in [0.15, 0.2) is 11.1 Å². The van der Waals surface area contributed by atoms with Crippen molar-refractivity contribution in [1.29, 1.82) is 0 Å². The zero-order valence-electron chi connectivity index (χ0n) is 13.4. The Bertz CT molecular complexity index is 505. The average Bonchev–Trinajstić information content (AvgIpc) is 2.51. The largest absolute Gasteiger partial charge is 0.464 e. The molecule has 0 aliphatic carbocycles. The molecule has 1 atom stereocenters. The number of nitrogens with zero attached hydrogens (tertiary/aromatic N) is 2. The van der Waals surface area contributed by atoms with Crippen molar-refractivity contribution in [2.75, 3.05) is 25.2 Å². The number of ether oxygens (including phenoxy) is 1. The van der Waals surface area contributed by atoms with Gasteiger partial charge in [-0.15, -0.1) is 11.8 Å². The van der Waals surface area contributed by atoms with Gasteiger partial charge in [-0.2, -0.15) is 9.97 Å². The highest BCUT2D eigenvalue weighted by atomic mass is 32.9. The molecule has 0 unspecified atom stereocenters. The molecule has 0 saturated heterocycles. The van der Waals surface area contributed by atoms with Gasteiger partial charge in [0.25, 0.3) is 0 Å². The Morgan fingerprint density at radius 3 is 2.55 bits per heavy atom. The second-order valence-corrected chi connectivity index (χ2v) is 11.3. The molecular weight excluding hydrogens is 359 g/mol. The van der Waals surface area contributed by atoms with Crippen molar-refractivity contribution in [1.82, 2.24) is 9.97 Å². The number of hydrogen-bond acceptors (Lipinski definition) is 8. The maximum Gasteiger partial charge on any atom is 0.317 e. The summed E-state index contributed by atoms with van der Waals surface area (Å²) < 4.78 is 17.0. The molecule has 1 aromatic heterocycles. The first-order valence-electron chi connectivity index (χ1n) is 7.15. The minimum atomic E-state index is -2.31. The number of thioether (sulfide) groups is 1. The van der Waals surface area contributed by atoms with Crippen LogP contribution < -0.4 is 4.74 Å². The Morgan fingerprint density at radius 2 is 1.95 bits per heavy atom. The molecule has 126 valence electrons. The summed E-state index contributed by atoms with van der Waals surface area (Å²) in [6, 6.07) is 2.27. The third kappa shape index (κ3) is 7.15. The average molecular weight is 383 g/mol. The fourth-order valence-electron chi connectivity index (χ4n) is 1.44. The van der Waals surface area contributed by atoms with E-state index in [1.807, 2.05) is 26.2 Å². The van der Waals surface area contributed by atoms with Gasteiger partial charge in [0.1, 0.15) is 5.03 Å². The van der Waals surface area contributed by atoms with Crippen molar-refractivity contribution >= 4 is 40.6 Å². The molecule has 1 rings (SSSR count). The normalized spacial score (nSPS) is 13.8. The van der Waals surface area contributed by atoms with E-state index in [1.165, 1.54) is 0 Å². The third-order valence-corrected chi connectivity index (χ3v) is 8.59. The van der Waals surface area contributed by atoms with Gasteiger partial charge in [0.05, 0.1) is 25.5 Å². The molecule has 0 N–H and O–H groups in total. The molecule has 0 amide bonds. The van der Waals surface area contributed by atoms with E-state index >= 15 is 0 Å². The van der Waals surface area contributed by atoms with Crippen LogP contribution in [0.3, 0.4) is 0 Å². The van der Waals surface area contributed by atoms with Crippen molar-refractivity contribution < 1.29 is 13.8 Å². The van der Waals surface area contributed by atoms with Crippen LogP contribution in [0.1, 0.15) is 32.9 Å². The molecule has 0 radical (unpaired) electrons. The summed E-state index contributed by atoms with van der Waals surface area (Å²) in [5.41, 5.74) is -1.56. The van der Waals surface area contributed by atoms with Crippen LogP contribution >= 0.6 is 28.8 Å². The second-order valence-electron chi connectivity index (χ2n) is 4.09. The van der Waals surface area contributed by atoms with E-state index in [2.05, 4.69) is 16.9 Å². The van der Waals surface area contributed by atoms with E-state index in [1.54, 1.807) is 23.1 Å². The molecule has 5 nitrogen and oxygen atoms in total. The van der Waals surface area contributed by atoms with Gasteiger partial charge in [0.2, 0.25) is 5.69 Å². The third-order valence-electron chi connectivity index (χ3n) is 2.33.